The minimum atomic E-state index is 0.303. The average molecular weight is 117 g/mol. The number of hydrogen-bond acceptors (Lipinski definition) is 2. The Kier molecular flexibility index (Phi) is 1.63. The number of benzene rings is 1. The summed E-state index contributed by atoms with van der Waals surface area (Å²) >= 11 is 0. The molecule has 0 atom stereocenters. The lowest BCUT2D eigenvalue weighted by molar-refractivity contribution is 1.53. The quantitative estimate of drug-likeness (QED) is 0.396. The predicted octanol–water partition coefficient (Wildman–Crippen LogP) is 0.878. The van der Waals surface area contributed by atoms with Gasteiger partial charge in [-0.3, -0.25) is 0 Å². The van der Waals surface area contributed by atoms with E-state index in [0.717, 1.165) is 0 Å². The molecule has 0 spiro atoms. The maximum absolute atomic E-state index is 9.90. The summed E-state index contributed by atoms with van der Waals surface area (Å²) in [4.78, 5) is 9.90. The lowest BCUT2D eigenvalue weighted by Gasteiger charge is -1.91. The van der Waals surface area contributed by atoms with Gasteiger partial charge in [0.05, 0.1) is 0 Å². The summed E-state index contributed by atoms with van der Waals surface area (Å²) in [6.45, 7) is 0. The Bertz CT molecular complexity index is 224. The molecule has 0 bridgehead atoms. The van der Waals surface area contributed by atoms with Gasteiger partial charge in [-0.15, -0.1) is 4.91 Å². The van der Waals surface area contributed by atoms with Crippen LogP contribution in [0.4, 0.5) is 5.69 Å². The predicted molar refractivity (Wildman–Crippen MR) is 37.3 cm³/mol. The molecular weight excluding hydrogens is 113 g/mol. The van der Waals surface area contributed by atoms with Gasteiger partial charge in [0.1, 0.15) is 13.5 Å². The molecule has 0 amide bonds. The summed E-state index contributed by atoms with van der Waals surface area (Å²) < 4.78 is 0. The van der Waals surface area contributed by atoms with E-state index in [-0.39, 0.29) is 0 Å². The monoisotopic (exact) mass is 117 g/mol. The first kappa shape index (κ1) is 6.01. The summed E-state index contributed by atoms with van der Waals surface area (Å²) in [7, 11) is 5.34. The fourth-order valence-corrected chi connectivity index (χ4v) is 0.571. The maximum Gasteiger partial charge on any atom is 0.117 e. The van der Waals surface area contributed by atoms with Crippen LogP contribution >= 0.6 is 0 Å². The first-order valence-corrected chi connectivity index (χ1v) is 2.52. The molecule has 0 aliphatic rings. The zero-order chi connectivity index (χ0) is 6.69. The van der Waals surface area contributed by atoms with Crippen molar-refractivity contribution in [3.05, 3.63) is 29.2 Å². The summed E-state index contributed by atoms with van der Waals surface area (Å²) in [6.07, 6.45) is 0. The van der Waals surface area contributed by atoms with Gasteiger partial charge in [0, 0.05) is 0 Å². The van der Waals surface area contributed by atoms with E-state index in [0.29, 0.717) is 11.2 Å². The first-order chi connectivity index (χ1) is 4.34. The zero-order valence-corrected chi connectivity index (χ0v) is 4.74. The molecule has 1 rings (SSSR count). The van der Waals surface area contributed by atoms with E-state index in [1.807, 2.05) is 0 Å². The molecule has 0 aliphatic heterocycles. The molecule has 0 fully saturated rings. The second-order valence-corrected chi connectivity index (χ2v) is 1.65. The molecule has 0 aromatic heterocycles. The Labute approximate surface area is 54.3 Å². The summed E-state index contributed by atoms with van der Waals surface area (Å²) in [5.41, 5.74) is 0.727. The van der Waals surface area contributed by atoms with Crippen LogP contribution in [0.25, 0.3) is 0 Å². The molecule has 1 aromatic carbocycles. The Morgan fingerprint density at radius 1 is 1.33 bits per heavy atom. The van der Waals surface area contributed by atoms with Crippen LogP contribution in [-0.2, 0) is 0 Å². The van der Waals surface area contributed by atoms with E-state index in [9.17, 15) is 4.91 Å². The van der Waals surface area contributed by atoms with Crippen LogP contribution in [0.2, 0.25) is 0 Å². The summed E-state index contributed by atoms with van der Waals surface area (Å²) in [5.74, 6) is 0. The van der Waals surface area contributed by atoms with Crippen molar-refractivity contribution in [1.82, 2.24) is 0 Å². The highest BCUT2D eigenvalue weighted by atomic mass is 16.3. The lowest BCUT2D eigenvalue weighted by atomic mass is 9.95. The molecule has 3 heteroatoms. The molecule has 0 saturated heterocycles. The topological polar surface area (TPSA) is 29.4 Å². The molecule has 0 aliphatic carbocycles. The van der Waals surface area contributed by atoms with Crippen molar-refractivity contribution in [3.8, 4) is 0 Å². The van der Waals surface area contributed by atoms with Crippen LogP contribution in [0.3, 0.4) is 0 Å². The molecule has 9 heavy (non-hydrogen) atoms. The summed E-state index contributed by atoms with van der Waals surface area (Å²) in [5, 5.41) is 2.70. The highest BCUT2D eigenvalue weighted by Gasteiger charge is 1.91. The smallest absolute Gasteiger partial charge is 0.117 e. The Morgan fingerprint density at radius 2 is 2.00 bits per heavy atom. The van der Waals surface area contributed by atoms with Crippen LogP contribution in [0, 0.1) is 4.91 Å². The molecule has 0 saturated carbocycles. The second kappa shape index (κ2) is 2.44. The Hall–Kier alpha value is -1.12. The largest absolute Gasteiger partial charge is 0.145 e. The number of rotatable bonds is 1. The van der Waals surface area contributed by atoms with Gasteiger partial charge in [-0.25, -0.2) is 0 Å². The third-order valence-electron chi connectivity index (χ3n) is 1.04. The summed E-state index contributed by atoms with van der Waals surface area (Å²) in [6, 6.07) is 6.68. The van der Waals surface area contributed by atoms with Crippen LogP contribution in [0.5, 0.6) is 0 Å². The number of nitrogens with zero attached hydrogens (tertiary/aromatic N) is 1. The SMILES string of the molecule is [B]c1ccccc1N=O. The van der Waals surface area contributed by atoms with E-state index >= 15 is 0 Å². The highest BCUT2D eigenvalue weighted by molar-refractivity contribution is 6.35. The third-order valence-corrected chi connectivity index (χ3v) is 1.04. The molecule has 42 valence electrons. The third kappa shape index (κ3) is 1.16. The fraction of sp³-hybridized carbons (Fsp3) is 0. The fourth-order valence-electron chi connectivity index (χ4n) is 0.571. The van der Waals surface area contributed by atoms with Crippen molar-refractivity contribution >= 4 is 19.0 Å². The van der Waals surface area contributed by atoms with Gasteiger partial charge in [-0.1, -0.05) is 23.7 Å². The van der Waals surface area contributed by atoms with Gasteiger partial charge >= 0.3 is 0 Å². The van der Waals surface area contributed by atoms with Crippen LogP contribution in [0.15, 0.2) is 29.4 Å². The molecule has 0 N–H and O–H groups in total. The van der Waals surface area contributed by atoms with Gasteiger partial charge in [-0.05, 0) is 11.2 Å². The Morgan fingerprint density at radius 3 is 2.44 bits per heavy atom. The van der Waals surface area contributed by atoms with Crippen molar-refractivity contribution in [2.75, 3.05) is 0 Å². The highest BCUT2D eigenvalue weighted by Crippen LogP contribution is 2.03. The zero-order valence-electron chi connectivity index (χ0n) is 4.74. The van der Waals surface area contributed by atoms with Crippen LogP contribution in [0.1, 0.15) is 0 Å². The maximum atomic E-state index is 9.90. The Balaban J connectivity index is 3.15. The molecular formula is C6H4BNO. The van der Waals surface area contributed by atoms with Gasteiger partial charge in [0.2, 0.25) is 0 Å². The van der Waals surface area contributed by atoms with Crippen molar-refractivity contribution in [2.45, 2.75) is 0 Å². The standard InChI is InChI=1S/C6H4BNO/c7-5-3-1-2-4-6(5)8-9/h1-4H. The second-order valence-electron chi connectivity index (χ2n) is 1.65. The van der Waals surface area contributed by atoms with Gasteiger partial charge < -0.3 is 0 Å². The van der Waals surface area contributed by atoms with E-state index in [4.69, 9.17) is 7.85 Å². The minimum Gasteiger partial charge on any atom is -0.145 e. The van der Waals surface area contributed by atoms with E-state index in [1.54, 1.807) is 24.3 Å². The van der Waals surface area contributed by atoms with Crippen molar-refractivity contribution in [3.63, 3.8) is 0 Å². The number of nitroso groups, excluding NO2 is 1. The minimum absolute atomic E-state index is 0.303. The van der Waals surface area contributed by atoms with E-state index in [2.05, 4.69) is 5.18 Å². The first-order valence-electron chi connectivity index (χ1n) is 2.52. The van der Waals surface area contributed by atoms with Crippen LogP contribution < -0.4 is 5.46 Å². The van der Waals surface area contributed by atoms with Crippen molar-refractivity contribution in [2.24, 2.45) is 5.18 Å². The van der Waals surface area contributed by atoms with Crippen LogP contribution in [-0.4, -0.2) is 7.85 Å². The van der Waals surface area contributed by atoms with Gasteiger partial charge in [0.25, 0.3) is 0 Å². The average Bonchev–Trinajstić information content (AvgIpc) is 1.89. The molecule has 0 heterocycles. The van der Waals surface area contributed by atoms with Crippen molar-refractivity contribution < 1.29 is 0 Å². The van der Waals surface area contributed by atoms with E-state index in [1.165, 1.54) is 0 Å². The molecule has 2 nitrogen and oxygen atoms in total. The van der Waals surface area contributed by atoms with Gasteiger partial charge in [-0.2, -0.15) is 0 Å². The lowest BCUT2D eigenvalue weighted by Crippen LogP contribution is -1.99. The normalized spacial score (nSPS) is 8.89. The van der Waals surface area contributed by atoms with Gasteiger partial charge in [0.15, 0.2) is 0 Å². The molecule has 2 radical (unpaired) electrons. The molecule has 1 aromatic rings. The van der Waals surface area contributed by atoms with E-state index < -0.39 is 0 Å². The molecule has 0 unspecified atom stereocenters. The van der Waals surface area contributed by atoms with Crippen molar-refractivity contribution in [1.29, 1.82) is 0 Å². The number of hydrogen-bond donors (Lipinski definition) is 0.